The van der Waals surface area contributed by atoms with E-state index in [0.29, 0.717) is 31.0 Å². The number of halogens is 1. The second-order valence-electron chi connectivity index (χ2n) is 7.47. The molecule has 0 saturated carbocycles. The molecule has 2 aliphatic rings. The van der Waals surface area contributed by atoms with Gasteiger partial charge in [0, 0.05) is 30.3 Å². The van der Waals surface area contributed by atoms with Crippen LogP contribution in [0.25, 0.3) is 0 Å². The number of piperidine rings is 1. The van der Waals surface area contributed by atoms with Gasteiger partial charge in [0.15, 0.2) is 0 Å². The van der Waals surface area contributed by atoms with E-state index >= 15 is 0 Å². The molecule has 2 aliphatic heterocycles. The molecule has 1 saturated heterocycles. The van der Waals surface area contributed by atoms with Gasteiger partial charge in [0.25, 0.3) is 0 Å². The molecule has 0 aromatic heterocycles. The van der Waals surface area contributed by atoms with Gasteiger partial charge in [-0.1, -0.05) is 23.7 Å². The first kappa shape index (κ1) is 19.4. The summed E-state index contributed by atoms with van der Waals surface area (Å²) < 4.78 is 27.4. The van der Waals surface area contributed by atoms with Crippen LogP contribution in [0.1, 0.15) is 24.0 Å². The van der Waals surface area contributed by atoms with Crippen molar-refractivity contribution < 1.29 is 13.2 Å². The van der Waals surface area contributed by atoms with Gasteiger partial charge in [-0.2, -0.15) is 4.31 Å². The van der Waals surface area contributed by atoms with Gasteiger partial charge in [0.05, 0.1) is 10.8 Å². The highest BCUT2D eigenvalue weighted by molar-refractivity contribution is 7.89. The molecule has 7 heteroatoms. The molecule has 1 amide bonds. The van der Waals surface area contributed by atoms with Crippen molar-refractivity contribution in [2.24, 2.45) is 5.92 Å². The molecule has 1 fully saturated rings. The number of fused-ring (bicyclic) bond motifs is 1. The molecular weight excluding hydrogens is 396 g/mol. The Hall–Kier alpha value is -1.89. The summed E-state index contributed by atoms with van der Waals surface area (Å²) >= 11 is 5.88. The van der Waals surface area contributed by atoms with Crippen LogP contribution in [-0.2, 0) is 21.2 Å². The fourth-order valence-electron chi connectivity index (χ4n) is 4.18. The summed E-state index contributed by atoms with van der Waals surface area (Å²) in [4.78, 5) is 15.3. The molecule has 0 bridgehead atoms. The molecule has 0 spiro atoms. The molecule has 28 heavy (non-hydrogen) atoms. The van der Waals surface area contributed by atoms with Crippen molar-refractivity contribution in [3.05, 3.63) is 58.6 Å². The van der Waals surface area contributed by atoms with Gasteiger partial charge in [-0.3, -0.25) is 4.79 Å². The molecule has 148 valence electrons. The second-order valence-corrected chi connectivity index (χ2v) is 9.84. The number of aryl methyl sites for hydroxylation is 1. The van der Waals surface area contributed by atoms with Crippen molar-refractivity contribution >= 4 is 33.2 Å². The number of hydrogen-bond acceptors (Lipinski definition) is 3. The number of rotatable bonds is 3. The first-order chi connectivity index (χ1) is 13.4. The predicted octanol–water partition coefficient (Wildman–Crippen LogP) is 3.64. The van der Waals surface area contributed by atoms with Crippen LogP contribution in [0.3, 0.4) is 0 Å². The summed E-state index contributed by atoms with van der Waals surface area (Å²) in [5.74, 6) is -0.289. The van der Waals surface area contributed by atoms with E-state index in [1.165, 1.54) is 27.6 Å². The third kappa shape index (κ3) is 3.45. The van der Waals surface area contributed by atoms with Crippen LogP contribution < -0.4 is 4.90 Å². The van der Waals surface area contributed by atoms with Crippen LogP contribution in [0.2, 0.25) is 5.02 Å². The van der Waals surface area contributed by atoms with E-state index in [2.05, 4.69) is 13.0 Å². The number of nitrogens with zero attached hydrogens (tertiary/aromatic N) is 2. The molecule has 1 atom stereocenters. The summed E-state index contributed by atoms with van der Waals surface area (Å²) in [7, 11) is -3.63. The maximum Gasteiger partial charge on any atom is 0.243 e. The Morgan fingerprint density at radius 3 is 2.61 bits per heavy atom. The first-order valence-electron chi connectivity index (χ1n) is 9.53. The Labute approximate surface area is 171 Å². The summed E-state index contributed by atoms with van der Waals surface area (Å²) in [6.07, 6.45) is 2.24. The Morgan fingerprint density at radius 2 is 1.86 bits per heavy atom. The summed E-state index contributed by atoms with van der Waals surface area (Å²) in [6.45, 7) is 3.39. The number of sulfonamides is 1. The monoisotopic (exact) mass is 418 g/mol. The van der Waals surface area contributed by atoms with Gasteiger partial charge < -0.3 is 4.90 Å². The zero-order chi connectivity index (χ0) is 19.9. The Morgan fingerprint density at radius 1 is 1.11 bits per heavy atom. The number of carbonyl (C=O) groups excluding carboxylic acids is 1. The minimum atomic E-state index is -3.63. The lowest BCUT2D eigenvalue weighted by Gasteiger charge is -2.33. The van der Waals surface area contributed by atoms with Crippen molar-refractivity contribution in [1.82, 2.24) is 4.31 Å². The molecule has 4 rings (SSSR count). The van der Waals surface area contributed by atoms with E-state index in [0.717, 1.165) is 12.1 Å². The average molecular weight is 419 g/mol. The standard InChI is InChI=1S/C21H23ClN2O3S/c1-15-4-2-6-20-19(15)11-13-24(20)21(25)16-5-3-12-23(14-16)28(26,27)18-9-7-17(22)8-10-18/h2,4,6-10,16H,3,5,11-14H2,1H3. The Bertz CT molecular complexity index is 1000. The summed E-state index contributed by atoms with van der Waals surface area (Å²) in [5.41, 5.74) is 3.39. The summed E-state index contributed by atoms with van der Waals surface area (Å²) in [6, 6.07) is 12.2. The van der Waals surface area contributed by atoms with Crippen molar-refractivity contribution in [3.63, 3.8) is 0 Å². The van der Waals surface area contributed by atoms with E-state index in [1.54, 1.807) is 12.1 Å². The zero-order valence-corrected chi connectivity index (χ0v) is 17.3. The van der Waals surface area contributed by atoms with Crippen LogP contribution in [-0.4, -0.2) is 38.3 Å². The minimum absolute atomic E-state index is 0.0281. The van der Waals surface area contributed by atoms with Gasteiger partial charge in [0.2, 0.25) is 15.9 Å². The second kappa shape index (κ2) is 7.50. The normalized spacial score (nSPS) is 20.2. The molecule has 5 nitrogen and oxygen atoms in total. The number of carbonyl (C=O) groups is 1. The SMILES string of the molecule is Cc1cccc2c1CCN2C(=O)C1CCCN(S(=O)(=O)c2ccc(Cl)cc2)C1. The smallest absolute Gasteiger partial charge is 0.243 e. The minimum Gasteiger partial charge on any atom is -0.312 e. The highest BCUT2D eigenvalue weighted by Gasteiger charge is 2.37. The lowest BCUT2D eigenvalue weighted by atomic mass is 9.98. The van der Waals surface area contributed by atoms with Gasteiger partial charge in [0.1, 0.15) is 0 Å². The quantitative estimate of drug-likeness (QED) is 0.764. The Balaban J connectivity index is 1.54. The van der Waals surface area contributed by atoms with Crippen LogP contribution >= 0.6 is 11.6 Å². The molecule has 1 unspecified atom stereocenters. The van der Waals surface area contributed by atoms with Crippen molar-refractivity contribution in [1.29, 1.82) is 0 Å². The van der Waals surface area contributed by atoms with Gasteiger partial charge in [-0.15, -0.1) is 0 Å². The van der Waals surface area contributed by atoms with Crippen molar-refractivity contribution in [2.45, 2.75) is 31.1 Å². The third-order valence-electron chi connectivity index (χ3n) is 5.71. The topological polar surface area (TPSA) is 57.7 Å². The molecule has 2 aromatic carbocycles. The number of amides is 1. The van der Waals surface area contributed by atoms with Gasteiger partial charge in [-0.25, -0.2) is 8.42 Å². The molecule has 0 radical (unpaired) electrons. The summed E-state index contributed by atoms with van der Waals surface area (Å²) in [5, 5.41) is 0.494. The highest BCUT2D eigenvalue weighted by Crippen LogP contribution is 2.33. The van der Waals surface area contributed by atoms with Gasteiger partial charge in [-0.05, 0) is 67.6 Å². The van der Waals surface area contributed by atoms with E-state index in [4.69, 9.17) is 11.6 Å². The molecule has 0 N–H and O–H groups in total. The molecular formula is C21H23ClN2O3S. The maximum absolute atomic E-state index is 13.2. The van der Waals surface area contributed by atoms with Crippen LogP contribution in [0.15, 0.2) is 47.4 Å². The Kier molecular flexibility index (Phi) is 5.21. The molecule has 2 heterocycles. The first-order valence-corrected chi connectivity index (χ1v) is 11.4. The largest absolute Gasteiger partial charge is 0.312 e. The number of benzene rings is 2. The molecule has 0 aliphatic carbocycles. The van der Waals surface area contributed by atoms with Crippen LogP contribution in [0, 0.1) is 12.8 Å². The third-order valence-corrected chi connectivity index (χ3v) is 7.84. The fourth-order valence-corrected chi connectivity index (χ4v) is 5.83. The van der Waals surface area contributed by atoms with E-state index in [-0.39, 0.29) is 23.3 Å². The molecule has 2 aromatic rings. The van der Waals surface area contributed by atoms with Crippen LogP contribution in [0.4, 0.5) is 5.69 Å². The number of hydrogen-bond donors (Lipinski definition) is 0. The van der Waals surface area contributed by atoms with Gasteiger partial charge >= 0.3 is 0 Å². The van der Waals surface area contributed by atoms with E-state index < -0.39 is 10.0 Å². The fraction of sp³-hybridized carbons (Fsp3) is 0.381. The predicted molar refractivity (Wildman–Crippen MR) is 110 cm³/mol. The average Bonchev–Trinajstić information content (AvgIpc) is 3.13. The van der Waals surface area contributed by atoms with E-state index in [1.807, 2.05) is 17.0 Å². The van der Waals surface area contributed by atoms with Crippen molar-refractivity contribution in [3.8, 4) is 0 Å². The number of anilines is 1. The lowest BCUT2D eigenvalue weighted by molar-refractivity contribution is -0.123. The lowest BCUT2D eigenvalue weighted by Crippen LogP contribution is -2.46. The van der Waals surface area contributed by atoms with Crippen LogP contribution in [0.5, 0.6) is 0 Å². The highest BCUT2D eigenvalue weighted by atomic mass is 35.5. The van der Waals surface area contributed by atoms with Crippen molar-refractivity contribution in [2.75, 3.05) is 24.5 Å². The van der Waals surface area contributed by atoms with E-state index in [9.17, 15) is 13.2 Å². The maximum atomic E-state index is 13.2. The zero-order valence-electron chi connectivity index (χ0n) is 15.8.